The van der Waals surface area contributed by atoms with Crippen LogP contribution >= 0.6 is 0 Å². The Balaban J connectivity index is 2.51. The van der Waals surface area contributed by atoms with E-state index < -0.39 is 0 Å². The molecule has 0 atom stereocenters. The molecule has 1 saturated heterocycles. The van der Waals surface area contributed by atoms with Crippen molar-refractivity contribution in [3.63, 3.8) is 0 Å². The Bertz CT molecular complexity index is 174. The monoisotopic (exact) mass is 167 g/mol. The van der Waals surface area contributed by atoms with E-state index in [1.54, 1.807) is 0 Å². The van der Waals surface area contributed by atoms with Crippen molar-refractivity contribution in [1.82, 2.24) is 5.32 Å². The zero-order valence-electron chi connectivity index (χ0n) is 7.93. The van der Waals surface area contributed by atoms with Gasteiger partial charge in [0.05, 0.1) is 0 Å². The third-order valence-electron chi connectivity index (χ3n) is 1.81. The average Bonchev–Trinajstić information content (AvgIpc) is 2.06. The largest absolute Gasteiger partial charge is 0.333 e. The summed E-state index contributed by atoms with van der Waals surface area (Å²) in [5, 5.41) is 3.26. The third-order valence-corrected chi connectivity index (χ3v) is 1.81. The summed E-state index contributed by atoms with van der Waals surface area (Å²) < 4.78 is 0. The minimum Gasteiger partial charge on any atom is -0.333 e. The number of aliphatic imine (C=N–C) groups is 2. The first-order valence-corrected chi connectivity index (χ1v) is 4.70. The van der Waals surface area contributed by atoms with E-state index in [2.05, 4.69) is 29.1 Å². The number of piperidine rings is 1. The summed E-state index contributed by atoms with van der Waals surface area (Å²) in [6.07, 6.45) is 3.35. The minimum absolute atomic E-state index is 0.863. The molecule has 0 radical (unpaired) electrons. The molecule has 12 heavy (non-hydrogen) atoms. The highest BCUT2D eigenvalue weighted by Crippen LogP contribution is 2.04. The van der Waals surface area contributed by atoms with Crippen LogP contribution in [0.2, 0.25) is 0 Å². The molecule has 0 saturated carbocycles. The van der Waals surface area contributed by atoms with Gasteiger partial charge in [0.25, 0.3) is 0 Å². The maximum atomic E-state index is 4.34. The Morgan fingerprint density at radius 1 is 1.08 bits per heavy atom. The number of nitrogens with zero attached hydrogens (tertiary/aromatic N) is 2. The third kappa shape index (κ3) is 2.64. The van der Waals surface area contributed by atoms with Crippen molar-refractivity contribution in [3.05, 3.63) is 0 Å². The van der Waals surface area contributed by atoms with Crippen LogP contribution in [0.3, 0.4) is 0 Å². The van der Waals surface area contributed by atoms with E-state index in [4.69, 9.17) is 0 Å². The van der Waals surface area contributed by atoms with Crippen molar-refractivity contribution < 1.29 is 0 Å². The van der Waals surface area contributed by atoms with Gasteiger partial charge < -0.3 is 5.32 Å². The Morgan fingerprint density at radius 3 is 2.00 bits per heavy atom. The van der Waals surface area contributed by atoms with Gasteiger partial charge in [0, 0.05) is 25.9 Å². The summed E-state index contributed by atoms with van der Waals surface area (Å²) in [5.41, 5.74) is 0. The van der Waals surface area contributed by atoms with E-state index in [-0.39, 0.29) is 0 Å². The van der Waals surface area contributed by atoms with E-state index in [1.807, 2.05) is 0 Å². The highest BCUT2D eigenvalue weighted by Gasteiger charge is 2.10. The summed E-state index contributed by atoms with van der Waals surface area (Å²) in [5.74, 6) is 2.21. The summed E-state index contributed by atoms with van der Waals surface area (Å²) in [7, 11) is 0. The molecule has 0 amide bonds. The van der Waals surface area contributed by atoms with Gasteiger partial charge in [0.1, 0.15) is 11.7 Å². The zero-order valence-corrected chi connectivity index (χ0v) is 7.93. The predicted octanol–water partition coefficient (Wildman–Crippen LogP) is 1.60. The van der Waals surface area contributed by atoms with Gasteiger partial charge in [0.2, 0.25) is 0 Å². The summed E-state index contributed by atoms with van der Waals surface area (Å²) in [6.45, 7) is 5.84. The van der Waals surface area contributed by atoms with Crippen molar-refractivity contribution >= 4 is 11.7 Å². The van der Waals surface area contributed by atoms with Gasteiger partial charge >= 0.3 is 0 Å². The molecule has 1 aliphatic rings. The molecule has 0 aliphatic carbocycles. The normalized spacial score (nSPS) is 24.5. The van der Waals surface area contributed by atoms with Crippen molar-refractivity contribution in [2.24, 2.45) is 9.98 Å². The molecule has 3 heteroatoms. The Hall–Kier alpha value is -0.860. The summed E-state index contributed by atoms with van der Waals surface area (Å²) >= 11 is 0. The van der Waals surface area contributed by atoms with E-state index in [9.17, 15) is 0 Å². The lowest BCUT2D eigenvalue weighted by atomic mass is 10.1. The number of amidine groups is 2. The van der Waals surface area contributed by atoms with Gasteiger partial charge in [-0.15, -0.1) is 0 Å². The Labute approximate surface area is 74.0 Å². The molecular formula is C9H17N3. The standard InChI is InChI=1S/C9H17N3/c1-3-10-8-6-5-7-9(12-8)11-4-2/h3-7H2,1-2H3,(H,10,11,12). The van der Waals surface area contributed by atoms with Gasteiger partial charge in [0.15, 0.2) is 0 Å². The lowest BCUT2D eigenvalue weighted by molar-refractivity contribution is 0.831. The molecular weight excluding hydrogens is 150 g/mol. The van der Waals surface area contributed by atoms with Crippen LogP contribution in [0.5, 0.6) is 0 Å². The first-order valence-electron chi connectivity index (χ1n) is 4.70. The highest BCUT2D eigenvalue weighted by molar-refractivity contribution is 6.02. The second-order valence-electron chi connectivity index (χ2n) is 2.82. The molecule has 0 spiro atoms. The maximum Gasteiger partial charge on any atom is 0.102 e. The van der Waals surface area contributed by atoms with Gasteiger partial charge in [-0.1, -0.05) is 0 Å². The van der Waals surface area contributed by atoms with E-state index in [1.165, 1.54) is 6.42 Å². The molecule has 1 fully saturated rings. The molecule has 0 aromatic rings. The number of rotatable bonds is 2. The minimum atomic E-state index is 0.863. The smallest absolute Gasteiger partial charge is 0.102 e. The van der Waals surface area contributed by atoms with Crippen molar-refractivity contribution in [3.8, 4) is 0 Å². The molecule has 0 bridgehead atoms. The Kier molecular flexibility index (Phi) is 3.77. The summed E-state index contributed by atoms with van der Waals surface area (Å²) in [4.78, 5) is 8.68. The Morgan fingerprint density at radius 2 is 1.58 bits per heavy atom. The molecule has 0 aromatic heterocycles. The lowest BCUT2D eigenvalue weighted by Crippen LogP contribution is -2.35. The van der Waals surface area contributed by atoms with Crippen LogP contribution in [0.4, 0.5) is 0 Å². The topological polar surface area (TPSA) is 36.8 Å². The van der Waals surface area contributed by atoms with E-state index in [0.29, 0.717) is 0 Å². The lowest BCUT2D eigenvalue weighted by Gasteiger charge is -2.17. The van der Waals surface area contributed by atoms with Crippen LogP contribution in [-0.4, -0.2) is 24.8 Å². The molecule has 0 unspecified atom stereocenters. The van der Waals surface area contributed by atoms with E-state index >= 15 is 0 Å². The molecule has 1 rings (SSSR count). The van der Waals surface area contributed by atoms with Crippen LogP contribution < -0.4 is 5.32 Å². The predicted molar refractivity (Wildman–Crippen MR) is 52.9 cm³/mol. The molecule has 3 nitrogen and oxygen atoms in total. The van der Waals surface area contributed by atoms with Crippen LogP contribution in [0.1, 0.15) is 33.1 Å². The first-order chi connectivity index (χ1) is 5.86. The fourth-order valence-corrected chi connectivity index (χ4v) is 1.33. The van der Waals surface area contributed by atoms with Gasteiger partial charge in [-0.05, 0) is 20.3 Å². The fourth-order valence-electron chi connectivity index (χ4n) is 1.33. The SMILES string of the molecule is CCN=C1CCCC(=NCC)N1. The molecule has 1 aliphatic heterocycles. The number of hydrogen-bond donors (Lipinski definition) is 1. The van der Waals surface area contributed by atoms with Gasteiger partial charge in [-0.25, -0.2) is 0 Å². The maximum absolute atomic E-state index is 4.34. The van der Waals surface area contributed by atoms with Crippen molar-refractivity contribution in [2.75, 3.05) is 13.1 Å². The van der Waals surface area contributed by atoms with Crippen molar-refractivity contribution in [1.29, 1.82) is 0 Å². The van der Waals surface area contributed by atoms with Crippen LogP contribution in [0.25, 0.3) is 0 Å². The summed E-state index contributed by atoms with van der Waals surface area (Å²) in [6, 6.07) is 0. The van der Waals surface area contributed by atoms with Crippen molar-refractivity contribution in [2.45, 2.75) is 33.1 Å². The molecule has 1 N–H and O–H groups in total. The van der Waals surface area contributed by atoms with Gasteiger partial charge in [-0.2, -0.15) is 0 Å². The second-order valence-corrected chi connectivity index (χ2v) is 2.82. The van der Waals surface area contributed by atoms with E-state index in [0.717, 1.165) is 37.6 Å². The first kappa shape index (κ1) is 9.23. The molecule has 68 valence electrons. The quantitative estimate of drug-likeness (QED) is 0.666. The highest BCUT2D eigenvalue weighted by atomic mass is 15.1. The van der Waals surface area contributed by atoms with Crippen LogP contribution in [0.15, 0.2) is 9.98 Å². The average molecular weight is 167 g/mol. The van der Waals surface area contributed by atoms with Crippen LogP contribution in [-0.2, 0) is 0 Å². The second kappa shape index (κ2) is 4.91. The van der Waals surface area contributed by atoms with Crippen LogP contribution in [0, 0.1) is 0 Å². The fraction of sp³-hybridized carbons (Fsp3) is 0.778. The molecule has 0 aromatic carbocycles. The van der Waals surface area contributed by atoms with Gasteiger partial charge in [-0.3, -0.25) is 9.98 Å². The number of hydrogen-bond acceptors (Lipinski definition) is 2. The zero-order chi connectivity index (χ0) is 8.81. The number of nitrogens with one attached hydrogen (secondary N) is 1. The molecule has 1 heterocycles.